The lowest BCUT2D eigenvalue weighted by Crippen LogP contribution is -2.30. The lowest BCUT2D eigenvalue weighted by atomic mass is 10.0. The van der Waals surface area contributed by atoms with Gasteiger partial charge in [-0.2, -0.15) is 0 Å². The van der Waals surface area contributed by atoms with Crippen molar-refractivity contribution in [3.63, 3.8) is 0 Å². The molecule has 0 aliphatic heterocycles. The van der Waals surface area contributed by atoms with E-state index >= 15 is 0 Å². The molecular weight excluding hydrogens is 1230 g/mol. The number of aliphatic hydroxyl groups excluding tert-OH is 1. The fourth-order valence-corrected chi connectivity index (χ4v) is 13.0. The van der Waals surface area contributed by atoms with Crippen molar-refractivity contribution in [2.45, 2.75) is 401 Å². The molecule has 0 aromatic heterocycles. The van der Waals surface area contributed by atoms with Crippen LogP contribution < -0.4 is 0 Å². The molecule has 0 aliphatic rings. The maximum absolute atomic E-state index is 13.1. The van der Waals surface area contributed by atoms with Crippen molar-refractivity contribution in [3.8, 4) is 0 Å². The highest BCUT2D eigenvalue weighted by Gasteiger charge is 2.30. The Bertz CT molecular complexity index is 1840. The highest BCUT2D eigenvalue weighted by Crippen LogP contribution is 2.45. The van der Waals surface area contributed by atoms with E-state index in [-0.39, 0.29) is 25.7 Å². The molecule has 0 amide bonds. The van der Waals surface area contributed by atoms with Crippen LogP contribution in [-0.4, -0.2) is 96.7 Å². The predicted octanol–water partition coefficient (Wildman–Crippen LogP) is 21.8. The van der Waals surface area contributed by atoms with Gasteiger partial charge in [-0.1, -0.05) is 331 Å². The zero-order valence-corrected chi connectivity index (χ0v) is 63.2. The summed E-state index contributed by atoms with van der Waals surface area (Å²) in [4.78, 5) is 72.7. The zero-order valence-electron chi connectivity index (χ0n) is 61.4. The fourth-order valence-electron chi connectivity index (χ4n) is 11.4. The van der Waals surface area contributed by atoms with E-state index in [0.717, 1.165) is 102 Å². The van der Waals surface area contributed by atoms with Crippen LogP contribution in [0, 0.1) is 17.8 Å². The number of unbranched alkanes of at least 4 members (excludes halogenated alkanes) is 41. The van der Waals surface area contributed by atoms with Crippen LogP contribution >= 0.6 is 15.6 Å². The molecule has 5 atom stereocenters. The molecule has 0 bridgehead atoms. The van der Waals surface area contributed by atoms with E-state index in [9.17, 15) is 43.2 Å². The highest BCUT2D eigenvalue weighted by molar-refractivity contribution is 7.47. The lowest BCUT2D eigenvalue weighted by Gasteiger charge is -2.21. The van der Waals surface area contributed by atoms with Crippen LogP contribution in [0.1, 0.15) is 382 Å². The average molecular weight is 1380 g/mol. The van der Waals surface area contributed by atoms with Crippen molar-refractivity contribution in [2.24, 2.45) is 17.8 Å². The van der Waals surface area contributed by atoms with Gasteiger partial charge in [0.25, 0.3) is 0 Å². The Morgan fingerprint density at radius 2 is 0.489 bits per heavy atom. The first-order valence-corrected chi connectivity index (χ1v) is 41.8. The Morgan fingerprint density at radius 1 is 0.287 bits per heavy atom. The number of ether oxygens (including phenoxy) is 4. The molecule has 0 spiro atoms. The predicted molar refractivity (Wildman–Crippen MR) is 381 cm³/mol. The van der Waals surface area contributed by atoms with Crippen LogP contribution in [0.5, 0.6) is 0 Å². The quantitative estimate of drug-likeness (QED) is 0.0222. The summed E-state index contributed by atoms with van der Waals surface area (Å²) in [5.74, 6) is 0.175. The minimum absolute atomic E-state index is 0.103. The van der Waals surface area contributed by atoms with Gasteiger partial charge in [0.15, 0.2) is 12.2 Å². The standard InChI is InChI=1S/C75H146O17P2/c1-8-9-10-11-12-26-35-42-49-56-72(77)85-63-71(92-75(80)59-52-45-38-31-34-41-48-55-68(6)7)65-90-94(83,84)88-61-69(76)60-87-93(81,82)89-64-70(62-86-73(78)57-50-43-36-29-24-20-17-16-19-23-28-33-40-47-54-67(4)5)91-74(79)58-51-44-37-30-25-21-15-13-14-18-22-27-32-39-46-53-66(2)3/h66-71,76H,8-65H2,1-7H3,(H,81,82)(H,83,84)/t69-,70-,71-/m1/s1. The summed E-state index contributed by atoms with van der Waals surface area (Å²) in [6.45, 7) is 11.9. The summed E-state index contributed by atoms with van der Waals surface area (Å²) < 4.78 is 68.4. The third-order valence-electron chi connectivity index (χ3n) is 17.4. The molecule has 94 heavy (non-hydrogen) atoms. The van der Waals surface area contributed by atoms with Gasteiger partial charge in [-0.15, -0.1) is 0 Å². The third kappa shape index (κ3) is 68.6. The summed E-state index contributed by atoms with van der Waals surface area (Å²) >= 11 is 0. The van der Waals surface area contributed by atoms with Crippen molar-refractivity contribution in [2.75, 3.05) is 39.6 Å². The molecular formula is C75H146O17P2. The Balaban J connectivity index is 5.21. The fraction of sp³-hybridized carbons (Fsp3) is 0.947. The van der Waals surface area contributed by atoms with E-state index in [1.807, 2.05) is 0 Å². The minimum atomic E-state index is -4.96. The molecule has 0 heterocycles. The maximum atomic E-state index is 13.1. The summed E-state index contributed by atoms with van der Waals surface area (Å²) in [6, 6.07) is 0. The second-order valence-electron chi connectivity index (χ2n) is 28.5. The first-order chi connectivity index (χ1) is 45.2. The number of phosphoric acid groups is 2. The first kappa shape index (κ1) is 92.1. The van der Waals surface area contributed by atoms with Crippen LogP contribution in [0.2, 0.25) is 0 Å². The van der Waals surface area contributed by atoms with Gasteiger partial charge < -0.3 is 33.8 Å². The highest BCUT2D eigenvalue weighted by atomic mass is 31.2. The summed E-state index contributed by atoms with van der Waals surface area (Å²) in [6.07, 6.45) is 51.5. The van der Waals surface area contributed by atoms with Crippen molar-refractivity contribution in [1.82, 2.24) is 0 Å². The number of hydrogen-bond acceptors (Lipinski definition) is 15. The van der Waals surface area contributed by atoms with Crippen LogP contribution in [0.15, 0.2) is 0 Å². The summed E-state index contributed by atoms with van der Waals surface area (Å²) in [7, 11) is -9.91. The van der Waals surface area contributed by atoms with Gasteiger partial charge in [0.1, 0.15) is 19.3 Å². The lowest BCUT2D eigenvalue weighted by molar-refractivity contribution is -0.161. The van der Waals surface area contributed by atoms with E-state index in [4.69, 9.17) is 37.0 Å². The molecule has 0 rings (SSSR count). The molecule has 0 saturated heterocycles. The minimum Gasteiger partial charge on any atom is -0.462 e. The number of carbonyl (C=O) groups excluding carboxylic acids is 4. The molecule has 558 valence electrons. The molecule has 0 saturated carbocycles. The molecule has 19 heteroatoms. The second-order valence-corrected chi connectivity index (χ2v) is 31.4. The SMILES string of the molecule is CCCCCCCCCCCC(=O)OC[C@H](COP(=O)(O)OC[C@H](O)COP(=O)(O)OC[C@@H](COC(=O)CCCCCCCCCCCCCCCCC(C)C)OC(=O)CCCCCCCCCCCCCCCCCC(C)C)OC(=O)CCCCCCCCCC(C)C. The smallest absolute Gasteiger partial charge is 0.462 e. The van der Waals surface area contributed by atoms with Crippen LogP contribution in [0.25, 0.3) is 0 Å². The average Bonchev–Trinajstić information content (AvgIpc) is 1.28. The Hall–Kier alpha value is -1.94. The zero-order chi connectivity index (χ0) is 69.4. The number of rotatable bonds is 73. The van der Waals surface area contributed by atoms with Crippen molar-refractivity contribution >= 4 is 39.5 Å². The van der Waals surface area contributed by atoms with Gasteiger partial charge in [0.2, 0.25) is 0 Å². The molecule has 0 fully saturated rings. The van der Waals surface area contributed by atoms with Crippen LogP contribution in [0.4, 0.5) is 0 Å². The second kappa shape index (κ2) is 65.7. The number of esters is 4. The molecule has 2 unspecified atom stereocenters. The normalized spacial score (nSPS) is 14.1. The third-order valence-corrected chi connectivity index (χ3v) is 19.3. The first-order valence-electron chi connectivity index (χ1n) is 38.8. The van der Waals surface area contributed by atoms with E-state index < -0.39 is 97.5 Å². The van der Waals surface area contributed by atoms with E-state index in [1.54, 1.807) is 0 Å². The summed E-state index contributed by atoms with van der Waals surface area (Å²) in [5.41, 5.74) is 0. The van der Waals surface area contributed by atoms with E-state index in [1.165, 1.54) is 193 Å². The van der Waals surface area contributed by atoms with Gasteiger partial charge in [-0.05, 0) is 43.4 Å². The van der Waals surface area contributed by atoms with Gasteiger partial charge in [0.05, 0.1) is 26.4 Å². The molecule has 0 aromatic rings. The van der Waals surface area contributed by atoms with Crippen molar-refractivity contribution < 1.29 is 80.2 Å². The molecule has 0 aliphatic carbocycles. The molecule has 3 N–H and O–H groups in total. The largest absolute Gasteiger partial charge is 0.472 e. The number of phosphoric ester groups is 2. The van der Waals surface area contributed by atoms with Crippen LogP contribution in [-0.2, 0) is 65.4 Å². The van der Waals surface area contributed by atoms with E-state index in [2.05, 4.69) is 48.5 Å². The van der Waals surface area contributed by atoms with Gasteiger partial charge in [0, 0.05) is 25.7 Å². The Kier molecular flexibility index (Phi) is 64.3. The topological polar surface area (TPSA) is 237 Å². The van der Waals surface area contributed by atoms with Crippen molar-refractivity contribution in [3.05, 3.63) is 0 Å². The number of carbonyl (C=O) groups is 4. The Labute approximate surface area is 575 Å². The van der Waals surface area contributed by atoms with Crippen molar-refractivity contribution in [1.29, 1.82) is 0 Å². The number of hydrogen-bond donors (Lipinski definition) is 3. The van der Waals surface area contributed by atoms with E-state index in [0.29, 0.717) is 31.6 Å². The molecule has 0 aromatic carbocycles. The molecule has 17 nitrogen and oxygen atoms in total. The number of aliphatic hydroxyl groups is 1. The molecule has 0 radical (unpaired) electrons. The van der Waals surface area contributed by atoms with Gasteiger partial charge in [-0.3, -0.25) is 37.3 Å². The maximum Gasteiger partial charge on any atom is 0.472 e. The monoisotopic (exact) mass is 1380 g/mol. The summed E-state index contributed by atoms with van der Waals surface area (Å²) in [5, 5.41) is 10.6. The van der Waals surface area contributed by atoms with Crippen LogP contribution in [0.3, 0.4) is 0 Å². The Morgan fingerprint density at radius 3 is 0.723 bits per heavy atom. The van der Waals surface area contributed by atoms with Gasteiger partial charge >= 0.3 is 39.5 Å². The van der Waals surface area contributed by atoms with Gasteiger partial charge in [-0.25, -0.2) is 9.13 Å².